The van der Waals surface area contributed by atoms with Crippen LogP contribution in [0.15, 0.2) is 18.2 Å². The minimum Gasteiger partial charge on any atom is -0.481 e. The van der Waals surface area contributed by atoms with E-state index in [-0.39, 0.29) is 12.5 Å². The highest BCUT2D eigenvalue weighted by atomic mass is 35.5. The molecule has 1 heterocycles. The van der Waals surface area contributed by atoms with Gasteiger partial charge in [0.2, 0.25) is 0 Å². The first-order chi connectivity index (χ1) is 8.56. The highest BCUT2D eigenvalue weighted by Crippen LogP contribution is 2.25. The zero-order chi connectivity index (χ0) is 13.1. The summed E-state index contributed by atoms with van der Waals surface area (Å²) in [5.74, 6) is -0.720. The quantitative estimate of drug-likeness (QED) is 0.911. The molecule has 0 saturated carbocycles. The maximum Gasteiger partial charge on any atom is 0.304 e. The number of aliphatic carboxylic acids is 1. The van der Waals surface area contributed by atoms with Gasteiger partial charge >= 0.3 is 5.97 Å². The van der Waals surface area contributed by atoms with Gasteiger partial charge in [0, 0.05) is 17.6 Å². The van der Waals surface area contributed by atoms with Crippen molar-refractivity contribution >= 4 is 17.6 Å². The lowest BCUT2D eigenvalue weighted by atomic mass is 10.1. The predicted octanol–water partition coefficient (Wildman–Crippen LogP) is 3.09. The summed E-state index contributed by atoms with van der Waals surface area (Å²) in [7, 11) is 0. The first-order valence-electron chi connectivity index (χ1n) is 6.27. The van der Waals surface area contributed by atoms with Crippen molar-refractivity contribution in [1.82, 2.24) is 4.90 Å². The number of hydrogen-bond acceptors (Lipinski definition) is 2. The summed E-state index contributed by atoms with van der Waals surface area (Å²) in [6.45, 7) is 3.72. The molecule has 1 aliphatic rings. The van der Waals surface area contributed by atoms with E-state index in [4.69, 9.17) is 16.7 Å². The number of rotatable bonds is 4. The van der Waals surface area contributed by atoms with E-state index in [1.165, 1.54) is 0 Å². The standard InChI is InChI=1S/C14H18ClNO2/c1-10-4-5-11(13(15)7-10)9-16-6-2-3-12(16)8-14(17)18/h4-5,7,12H,2-3,6,8-9H2,1H3,(H,17,18). The summed E-state index contributed by atoms with van der Waals surface area (Å²) in [5, 5.41) is 9.67. The van der Waals surface area contributed by atoms with Crippen molar-refractivity contribution in [3.8, 4) is 0 Å². The highest BCUT2D eigenvalue weighted by Gasteiger charge is 2.26. The van der Waals surface area contributed by atoms with Crippen LogP contribution in [0.2, 0.25) is 5.02 Å². The fraction of sp³-hybridized carbons (Fsp3) is 0.500. The molecule has 98 valence electrons. The Morgan fingerprint density at radius 1 is 1.56 bits per heavy atom. The van der Waals surface area contributed by atoms with Gasteiger partial charge in [-0.25, -0.2) is 0 Å². The van der Waals surface area contributed by atoms with Crippen LogP contribution >= 0.6 is 11.6 Å². The maximum atomic E-state index is 10.8. The van der Waals surface area contributed by atoms with Crippen molar-refractivity contribution in [2.24, 2.45) is 0 Å². The molecule has 2 rings (SSSR count). The molecule has 0 amide bonds. The third kappa shape index (κ3) is 3.24. The molecule has 1 N–H and O–H groups in total. The first kappa shape index (κ1) is 13.4. The van der Waals surface area contributed by atoms with Gasteiger partial charge in [-0.15, -0.1) is 0 Å². The Bertz CT molecular complexity index is 447. The number of hydrogen-bond donors (Lipinski definition) is 1. The topological polar surface area (TPSA) is 40.5 Å². The number of benzene rings is 1. The van der Waals surface area contributed by atoms with E-state index < -0.39 is 5.97 Å². The zero-order valence-electron chi connectivity index (χ0n) is 10.5. The fourth-order valence-electron chi connectivity index (χ4n) is 2.54. The van der Waals surface area contributed by atoms with E-state index in [9.17, 15) is 4.79 Å². The normalized spacial score (nSPS) is 20.2. The van der Waals surface area contributed by atoms with E-state index in [0.717, 1.165) is 42.1 Å². The monoisotopic (exact) mass is 267 g/mol. The largest absolute Gasteiger partial charge is 0.481 e. The lowest BCUT2D eigenvalue weighted by Crippen LogP contribution is -2.30. The van der Waals surface area contributed by atoms with Gasteiger partial charge in [0.05, 0.1) is 6.42 Å². The molecule has 1 atom stereocenters. The number of carboxylic acid groups (broad SMARTS) is 1. The molecule has 1 fully saturated rings. The van der Waals surface area contributed by atoms with Gasteiger partial charge in [-0.3, -0.25) is 9.69 Å². The molecule has 18 heavy (non-hydrogen) atoms. The van der Waals surface area contributed by atoms with Gasteiger partial charge in [-0.2, -0.15) is 0 Å². The molecular weight excluding hydrogens is 250 g/mol. The van der Waals surface area contributed by atoms with E-state index >= 15 is 0 Å². The molecule has 3 nitrogen and oxygen atoms in total. The van der Waals surface area contributed by atoms with Gasteiger partial charge < -0.3 is 5.11 Å². The Balaban J connectivity index is 2.05. The Morgan fingerprint density at radius 2 is 2.33 bits per heavy atom. The summed E-state index contributed by atoms with van der Waals surface area (Å²) in [5.41, 5.74) is 2.23. The van der Waals surface area contributed by atoms with E-state index in [1.54, 1.807) is 0 Å². The molecule has 1 unspecified atom stereocenters. The SMILES string of the molecule is Cc1ccc(CN2CCCC2CC(=O)O)c(Cl)c1. The molecule has 1 saturated heterocycles. The van der Waals surface area contributed by atoms with Crippen LogP contribution in [0.25, 0.3) is 0 Å². The molecule has 4 heteroatoms. The van der Waals surface area contributed by atoms with Crippen LogP contribution in [0.3, 0.4) is 0 Å². The maximum absolute atomic E-state index is 10.8. The van der Waals surface area contributed by atoms with Crippen LogP contribution < -0.4 is 0 Å². The number of carbonyl (C=O) groups is 1. The average Bonchev–Trinajstić information content (AvgIpc) is 2.69. The van der Waals surface area contributed by atoms with Crippen LogP contribution in [0.4, 0.5) is 0 Å². The van der Waals surface area contributed by atoms with Gasteiger partial charge in [0.1, 0.15) is 0 Å². The molecule has 0 aliphatic carbocycles. The van der Waals surface area contributed by atoms with Crippen molar-refractivity contribution in [2.75, 3.05) is 6.54 Å². The van der Waals surface area contributed by atoms with Gasteiger partial charge in [-0.1, -0.05) is 23.7 Å². The van der Waals surface area contributed by atoms with Crippen molar-refractivity contribution < 1.29 is 9.90 Å². The second kappa shape index (κ2) is 5.72. The summed E-state index contributed by atoms with van der Waals surface area (Å²) in [4.78, 5) is 13.0. The lowest BCUT2D eigenvalue weighted by Gasteiger charge is -2.23. The second-order valence-electron chi connectivity index (χ2n) is 4.96. The highest BCUT2D eigenvalue weighted by molar-refractivity contribution is 6.31. The zero-order valence-corrected chi connectivity index (χ0v) is 11.3. The van der Waals surface area contributed by atoms with Crippen LogP contribution in [0, 0.1) is 6.92 Å². The Morgan fingerprint density at radius 3 is 3.00 bits per heavy atom. The van der Waals surface area contributed by atoms with Crippen molar-refractivity contribution in [2.45, 2.75) is 38.8 Å². The lowest BCUT2D eigenvalue weighted by molar-refractivity contribution is -0.138. The van der Waals surface area contributed by atoms with Gasteiger partial charge in [0.25, 0.3) is 0 Å². The Kier molecular flexibility index (Phi) is 4.25. The Hall–Kier alpha value is -1.06. The van der Waals surface area contributed by atoms with Crippen LogP contribution in [-0.4, -0.2) is 28.6 Å². The number of nitrogens with zero attached hydrogens (tertiary/aromatic N) is 1. The molecule has 0 radical (unpaired) electrons. The fourth-order valence-corrected chi connectivity index (χ4v) is 2.83. The summed E-state index contributed by atoms with van der Waals surface area (Å²) < 4.78 is 0. The minimum atomic E-state index is -0.720. The molecule has 0 bridgehead atoms. The van der Waals surface area contributed by atoms with Crippen molar-refractivity contribution in [3.63, 3.8) is 0 Å². The molecule has 1 aliphatic heterocycles. The van der Waals surface area contributed by atoms with E-state index in [0.29, 0.717) is 0 Å². The van der Waals surface area contributed by atoms with Gasteiger partial charge in [-0.05, 0) is 43.5 Å². The average molecular weight is 268 g/mol. The van der Waals surface area contributed by atoms with Crippen LogP contribution in [-0.2, 0) is 11.3 Å². The van der Waals surface area contributed by atoms with E-state index in [2.05, 4.69) is 4.90 Å². The third-order valence-electron chi connectivity index (χ3n) is 3.49. The van der Waals surface area contributed by atoms with Crippen LogP contribution in [0.1, 0.15) is 30.4 Å². The summed E-state index contributed by atoms with van der Waals surface area (Å²) >= 11 is 6.22. The van der Waals surface area contributed by atoms with Crippen molar-refractivity contribution in [3.05, 3.63) is 34.3 Å². The minimum absolute atomic E-state index is 0.153. The van der Waals surface area contributed by atoms with E-state index in [1.807, 2.05) is 25.1 Å². The van der Waals surface area contributed by atoms with Crippen molar-refractivity contribution in [1.29, 1.82) is 0 Å². The first-order valence-corrected chi connectivity index (χ1v) is 6.65. The Labute approximate surface area is 112 Å². The number of halogens is 1. The number of likely N-dealkylation sites (tertiary alicyclic amines) is 1. The molecule has 1 aromatic rings. The summed E-state index contributed by atoms with van der Waals surface area (Å²) in [6.07, 6.45) is 2.26. The third-order valence-corrected chi connectivity index (χ3v) is 3.84. The molecular formula is C14H18ClNO2. The number of aryl methyl sites for hydroxylation is 1. The van der Waals surface area contributed by atoms with Crippen LogP contribution in [0.5, 0.6) is 0 Å². The summed E-state index contributed by atoms with van der Waals surface area (Å²) in [6, 6.07) is 6.19. The molecule has 0 aromatic heterocycles. The van der Waals surface area contributed by atoms with Gasteiger partial charge in [0.15, 0.2) is 0 Å². The predicted molar refractivity (Wildman–Crippen MR) is 71.9 cm³/mol. The smallest absolute Gasteiger partial charge is 0.304 e. The number of carboxylic acids is 1. The second-order valence-corrected chi connectivity index (χ2v) is 5.37. The molecule has 1 aromatic carbocycles. The molecule has 0 spiro atoms.